The second-order valence-corrected chi connectivity index (χ2v) is 4.90. The normalized spacial score (nSPS) is 12.5. The molecule has 0 aromatic carbocycles. The molecule has 84 valence electrons. The van der Waals surface area contributed by atoms with Crippen LogP contribution in [0.4, 0.5) is 0 Å². The number of nitrogens with one attached hydrogen (secondary N) is 1. The first-order chi connectivity index (χ1) is 6.70. The number of carbonyl (C=O) groups is 1. The number of carbonyl (C=O) groups excluding carboxylic acids is 1. The Hall–Kier alpha value is -0.0500. The number of hydrogen-bond donors (Lipinski definition) is 1. The number of unbranched alkanes of at least 4 members (excludes halogenated alkanes) is 2. The van der Waals surface area contributed by atoms with E-state index in [1.165, 1.54) is 6.42 Å². The van der Waals surface area contributed by atoms with Crippen molar-refractivity contribution >= 4 is 21.8 Å². The van der Waals surface area contributed by atoms with E-state index in [1.807, 2.05) is 0 Å². The fraction of sp³-hybridized carbons (Fsp3) is 0.909. The summed E-state index contributed by atoms with van der Waals surface area (Å²) in [6.45, 7) is 5.09. The maximum atomic E-state index is 11.3. The lowest BCUT2D eigenvalue weighted by molar-refractivity contribution is -0.121. The highest BCUT2D eigenvalue weighted by Gasteiger charge is 2.03. The Balaban J connectivity index is 3.26. The molecule has 14 heavy (non-hydrogen) atoms. The van der Waals surface area contributed by atoms with Gasteiger partial charge in [-0.1, -0.05) is 42.6 Å². The molecule has 0 aliphatic rings. The van der Waals surface area contributed by atoms with E-state index in [2.05, 4.69) is 35.1 Å². The Morgan fingerprint density at radius 2 is 2.07 bits per heavy atom. The van der Waals surface area contributed by atoms with E-state index in [0.717, 1.165) is 32.2 Å². The molecule has 0 radical (unpaired) electrons. The van der Waals surface area contributed by atoms with Gasteiger partial charge in [-0.25, -0.2) is 0 Å². The molecule has 1 unspecified atom stereocenters. The topological polar surface area (TPSA) is 29.1 Å². The van der Waals surface area contributed by atoms with E-state index >= 15 is 0 Å². The van der Waals surface area contributed by atoms with Gasteiger partial charge < -0.3 is 5.32 Å². The molecule has 1 N–H and O–H groups in total. The van der Waals surface area contributed by atoms with Crippen LogP contribution in [-0.4, -0.2) is 17.3 Å². The Morgan fingerprint density at radius 1 is 1.36 bits per heavy atom. The summed E-state index contributed by atoms with van der Waals surface area (Å²) in [7, 11) is 0. The van der Waals surface area contributed by atoms with Crippen molar-refractivity contribution in [2.24, 2.45) is 0 Å². The summed E-state index contributed by atoms with van der Waals surface area (Å²) in [4.78, 5) is 11.8. The van der Waals surface area contributed by atoms with E-state index in [9.17, 15) is 4.79 Å². The van der Waals surface area contributed by atoms with Crippen molar-refractivity contribution in [1.29, 1.82) is 0 Å². The zero-order valence-electron chi connectivity index (χ0n) is 9.31. The van der Waals surface area contributed by atoms with Gasteiger partial charge in [-0.3, -0.25) is 4.79 Å². The first-order valence-electron chi connectivity index (χ1n) is 5.61. The van der Waals surface area contributed by atoms with Gasteiger partial charge in [0.1, 0.15) is 0 Å². The van der Waals surface area contributed by atoms with Crippen LogP contribution in [0.2, 0.25) is 0 Å². The Morgan fingerprint density at radius 3 is 2.64 bits per heavy atom. The minimum absolute atomic E-state index is 0.203. The van der Waals surface area contributed by atoms with Crippen molar-refractivity contribution in [2.45, 2.75) is 57.2 Å². The van der Waals surface area contributed by atoms with Crippen LogP contribution in [0.3, 0.4) is 0 Å². The van der Waals surface area contributed by atoms with E-state index < -0.39 is 0 Å². The molecule has 3 heteroatoms. The second kappa shape index (κ2) is 9.50. The van der Waals surface area contributed by atoms with Crippen LogP contribution in [0.5, 0.6) is 0 Å². The lowest BCUT2D eigenvalue weighted by Gasteiger charge is -2.07. The number of alkyl halides is 1. The fourth-order valence-corrected chi connectivity index (χ4v) is 1.43. The van der Waals surface area contributed by atoms with Gasteiger partial charge >= 0.3 is 0 Å². The lowest BCUT2D eigenvalue weighted by atomic mass is 10.2. The highest BCUT2D eigenvalue weighted by molar-refractivity contribution is 9.09. The first kappa shape index (κ1) is 13.9. The quantitative estimate of drug-likeness (QED) is 0.529. The third-order valence-corrected chi connectivity index (χ3v) is 3.34. The molecular weight excluding hydrogens is 242 g/mol. The maximum Gasteiger partial charge on any atom is 0.219 e. The van der Waals surface area contributed by atoms with Crippen molar-refractivity contribution in [1.82, 2.24) is 5.32 Å². The molecule has 0 bridgehead atoms. The summed E-state index contributed by atoms with van der Waals surface area (Å²) in [5.74, 6) is 0.203. The molecule has 1 amide bonds. The molecule has 0 aromatic heterocycles. The predicted molar refractivity (Wildman–Crippen MR) is 64.8 cm³/mol. The zero-order chi connectivity index (χ0) is 10.8. The highest BCUT2D eigenvalue weighted by Crippen LogP contribution is 2.07. The van der Waals surface area contributed by atoms with Crippen LogP contribution in [0, 0.1) is 0 Å². The van der Waals surface area contributed by atoms with Crippen LogP contribution < -0.4 is 5.32 Å². The van der Waals surface area contributed by atoms with Crippen molar-refractivity contribution in [2.75, 3.05) is 6.54 Å². The third kappa shape index (κ3) is 8.54. The van der Waals surface area contributed by atoms with Crippen LogP contribution in [0.15, 0.2) is 0 Å². The molecule has 0 aliphatic carbocycles. The van der Waals surface area contributed by atoms with Gasteiger partial charge in [0.25, 0.3) is 0 Å². The number of hydrogen-bond acceptors (Lipinski definition) is 1. The third-order valence-electron chi connectivity index (χ3n) is 2.23. The Bertz CT molecular complexity index is 150. The fourth-order valence-electron chi connectivity index (χ4n) is 1.20. The molecule has 1 atom stereocenters. The largest absolute Gasteiger partial charge is 0.356 e. The van der Waals surface area contributed by atoms with E-state index in [4.69, 9.17) is 0 Å². The molecule has 0 heterocycles. The van der Waals surface area contributed by atoms with Gasteiger partial charge in [0.05, 0.1) is 0 Å². The first-order valence-corrected chi connectivity index (χ1v) is 6.53. The zero-order valence-corrected chi connectivity index (χ0v) is 10.9. The van der Waals surface area contributed by atoms with Gasteiger partial charge in [0, 0.05) is 17.8 Å². The summed E-state index contributed by atoms with van der Waals surface area (Å²) in [5.41, 5.74) is 0. The Labute approximate surface area is 96.0 Å². The average molecular weight is 264 g/mol. The van der Waals surface area contributed by atoms with Gasteiger partial charge in [-0.15, -0.1) is 0 Å². The molecule has 0 aliphatic heterocycles. The SMILES string of the molecule is CCCCCC(=O)NCCC(Br)CC. The summed E-state index contributed by atoms with van der Waals surface area (Å²) in [6.07, 6.45) is 6.18. The molecule has 2 nitrogen and oxygen atoms in total. The molecule has 0 aromatic rings. The summed E-state index contributed by atoms with van der Waals surface area (Å²) in [6, 6.07) is 0. The molecule has 0 saturated carbocycles. The van der Waals surface area contributed by atoms with Gasteiger partial charge in [-0.05, 0) is 19.3 Å². The molecule has 0 saturated heterocycles. The Kier molecular flexibility index (Phi) is 9.47. The van der Waals surface area contributed by atoms with Gasteiger partial charge in [0.15, 0.2) is 0 Å². The summed E-state index contributed by atoms with van der Waals surface area (Å²) < 4.78 is 0. The van der Waals surface area contributed by atoms with Gasteiger partial charge in [-0.2, -0.15) is 0 Å². The summed E-state index contributed by atoms with van der Waals surface area (Å²) in [5, 5.41) is 2.94. The minimum atomic E-state index is 0.203. The highest BCUT2D eigenvalue weighted by atomic mass is 79.9. The number of rotatable bonds is 8. The number of halogens is 1. The molecule has 0 rings (SSSR count). The van der Waals surface area contributed by atoms with Crippen LogP contribution in [0.25, 0.3) is 0 Å². The molecule has 0 spiro atoms. The van der Waals surface area contributed by atoms with E-state index in [0.29, 0.717) is 11.2 Å². The van der Waals surface area contributed by atoms with Gasteiger partial charge in [0.2, 0.25) is 5.91 Å². The van der Waals surface area contributed by atoms with Crippen LogP contribution >= 0.6 is 15.9 Å². The summed E-state index contributed by atoms with van der Waals surface area (Å²) >= 11 is 3.54. The van der Waals surface area contributed by atoms with Crippen molar-refractivity contribution < 1.29 is 4.79 Å². The predicted octanol–water partition coefficient (Wildman–Crippen LogP) is 3.25. The second-order valence-electron chi connectivity index (χ2n) is 3.60. The minimum Gasteiger partial charge on any atom is -0.356 e. The van der Waals surface area contributed by atoms with Crippen LogP contribution in [-0.2, 0) is 4.79 Å². The van der Waals surface area contributed by atoms with Crippen LogP contribution in [0.1, 0.15) is 52.4 Å². The average Bonchev–Trinajstić information content (AvgIpc) is 2.18. The number of amides is 1. The molecular formula is C11H22BrNO. The molecule has 0 fully saturated rings. The van der Waals surface area contributed by atoms with E-state index in [1.54, 1.807) is 0 Å². The van der Waals surface area contributed by atoms with E-state index in [-0.39, 0.29) is 5.91 Å². The lowest BCUT2D eigenvalue weighted by Crippen LogP contribution is -2.25. The van der Waals surface area contributed by atoms with Crippen molar-refractivity contribution in [3.8, 4) is 0 Å². The standard InChI is InChI=1S/C11H22BrNO/c1-3-5-6-7-11(14)13-9-8-10(12)4-2/h10H,3-9H2,1-2H3,(H,13,14). The smallest absolute Gasteiger partial charge is 0.219 e. The van der Waals surface area contributed by atoms with Crippen molar-refractivity contribution in [3.63, 3.8) is 0 Å². The van der Waals surface area contributed by atoms with Crippen molar-refractivity contribution in [3.05, 3.63) is 0 Å². The maximum absolute atomic E-state index is 11.3. The monoisotopic (exact) mass is 263 g/mol.